The van der Waals surface area contributed by atoms with Gasteiger partial charge in [-0.25, -0.2) is 0 Å². The van der Waals surface area contributed by atoms with Gasteiger partial charge in [-0.1, -0.05) is 0 Å². The van der Waals surface area contributed by atoms with Crippen molar-refractivity contribution in [1.29, 1.82) is 0 Å². The second-order valence-corrected chi connectivity index (χ2v) is 1.83. The Morgan fingerprint density at radius 2 is 2.17 bits per heavy atom. The van der Waals surface area contributed by atoms with Crippen LogP contribution in [0.4, 0.5) is 0 Å². The topological polar surface area (TPSA) is 26.3 Å². The van der Waals surface area contributed by atoms with Gasteiger partial charge in [-0.3, -0.25) is 4.79 Å². The van der Waals surface area contributed by atoms with Crippen molar-refractivity contribution in [2.24, 2.45) is 0 Å². The van der Waals surface area contributed by atoms with E-state index in [-0.39, 0.29) is 42.4 Å². The van der Waals surface area contributed by atoms with Crippen molar-refractivity contribution in [2.75, 3.05) is 0 Å². The van der Waals surface area contributed by atoms with Crippen LogP contribution in [-0.2, 0) is 29.0 Å². The van der Waals surface area contributed by atoms with Gasteiger partial charge in [0, 0.05) is 26.4 Å². The zero-order valence-corrected chi connectivity index (χ0v) is 11.3. The molecule has 12 heavy (non-hydrogen) atoms. The molecule has 0 heterocycles. The van der Waals surface area contributed by atoms with Gasteiger partial charge in [0.15, 0.2) is 0 Å². The van der Waals surface area contributed by atoms with Crippen molar-refractivity contribution in [2.45, 2.75) is 6.92 Å². The Hall–Kier alpha value is -0.167. The molecule has 1 radical (unpaired) electrons. The number of carbonyl (C=O) groups is 1. The Morgan fingerprint density at radius 3 is 2.58 bits per heavy atom. The van der Waals surface area contributed by atoms with Gasteiger partial charge in [-0.2, -0.15) is 0 Å². The molecule has 0 fully saturated rings. The van der Waals surface area contributed by atoms with Gasteiger partial charge in [0.05, 0.1) is 6.42 Å². The third-order valence-corrected chi connectivity index (χ3v) is 0.949. The Balaban J connectivity index is 0. The number of allylic oxidation sites excluding steroid dienone is 2. The first-order valence-corrected chi connectivity index (χ1v) is 2.93. The molecule has 0 aromatic heterocycles. The summed E-state index contributed by atoms with van der Waals surface area (Å²) in [5.74, 6) is 0.262. The molecule has 1 rings (SSSR count). The molecule has 0 aliphatic heterocycles. The second-order valence-electron chi connectivity index (χ2n) is 1.83. The molecule has 0 saturated carbocycles. The maximum Gasteiger partial charge on any atom is 0.307 e. The molecule has 1 aliphatic carbocycles. The molecule has 0 bridgehead atoms. The van der Waals surface area contributed by atoms with E-state index in [4.69, 9.17) is 4.74 Å². The van der Waals surface area contributed by atoms with Crippen LogP contribution in [0.1, 0.15) is 6.92 Å². The van der Waals surface area contributed by atoms with Crippen molar-refractivity contribution >= 4 is 5.97 Å². The fourth-order valence-electron chi connectivity index (χ4n) is 0.606. The number of hydrogen-bond donors (Lipinski definition) is 0. The summed E-state index contributed by atoms with van der Waals surface area (Å²) in [7, 11) is 0. The van der Waals surface area contributed by atoms with E-state index in [0.29, 0.717) is 5.76 Å². The number of ether oxygens (including phenoxy) is 1. The van der Waals surface area contributed by atoms with Crippen LogP contribution in [0.15, 0.2) is 29.7 Å². The summed E-state index contributed by atoms with van der Waals surface area (Å²) in [5, 5.41) is 0. The Kier molecular flexibility index (Phi) is 8.95. The molecular weight excluding hydrogens is 273 g/mol. The average molecular weight is 280 g/mol. The largest absolute Gasteiger partial charge is 1.00 e. The molecule has 0 amide bonds. The smallest absolute Gasteiger partial charge is 0.307 e. The van der Waals surface area contributed by atoms with Crippen molar-refractivity contribution < 1.29 is 46.0 Å². The van der Waals surface area contributed by atoms with Gasteiger partial charge in [0.1, 0.15) is 5.76 Å². The number of esters is 1. The van der Waals surface area contributed by atoms with Crippen LogP contribution in [-0.4, -0.2) is 5.97 Å². The van der Waals surface area contributed by atoms with Crippen molar-refractivity contribution in [3.63, 3.8) is 0 Å². The molecule has 1 aliphatic rings. The van der Waals surface area contributed by atoms with Crippen LogP contribution in [0, 0.1) is 6.42 Å². The minimum absolute atomic E-state index is 0. The van der Waals surface area contributed by atoms with Gasteiger partial charge < -0.3 is 21.7 Å². The molecular formula is C8H7BrO2Zn-. The fraction of sp³-hybridized carbons (Fsp3) is 0.125. The second kappa shape index (κ2) is 7.48. The summed E-state index contributed by atoms with van der Waals surface area (Å²) < 4.78 is 4.76. The summed E-state index contributed by atoms with van der Waals surface area (Å²) in [6, 6.07) is 0. The van der Waals surface area contributed by atoms with Gasteiger partial charge in [0.2, 0.25) is 0 Å². The summed E-state index contributed by atoms with van der Waals surface area (Å²) in [5.41, 5.74) is 2.81. The summed E-state index contributed by atoms with van der Waals surface area (Å²) in [4.78, 5) is 10.4. The predicted octanol–water partition coefficient (Wildman–Crippen LogP) is -1.64. The van der Waals surface area contributed by atoms with Crippen LogP contribution in [0.25, 0.3) is 0 Å². The van der Waals surface area contributed by atoms with Gasteiger partial charge in [-0.15, -0.1) is 5.73 Å². The first-order valence-electron chi connectivity index (χ1n) is 2.93. The third-order valence-electron chi connectivity index (χ3n) is 0.949. The molecule has 0 atom stereocenters. The molecule has 61 valence electrons. The van der Waals surface area contributed by atoms with E-state index in [9.17, 15) is 4.79 Å². The van der Waals surface area contributed by atoms with Crippen LogP contribution < -0.4 is 17.0 Å². The van der Waals surface area contributed by atoms with E-state index in [1.807, 2.05) is 0 Å². The number of hydrogen-bond acceptors (Lipinski definition) is 2. The van der Waals surface area contributed by atoms with Crippen LogP contribution in [0.2, 0.25) is 0 Å². The van der Waals surface area contributed by atoms with E-state index < -0.39 is 0 Å². The van der Waals surface area contributed by atoms with Gasteiger partial charge >= 0.3 is 5.97 Å². The maximum atomic E-state index is 10.4. The Bertz CT molecular complexity index is 239. The van der Waals surface area contributed by atoms with E-state index in [2.05, 4.69) is 5.73 Å². The number of rotatable bonds is 1. The number of carbonyl (C=O) groups excluding carboxylic acids is 1. The molecule has 0 aromatic carbocycles. The van der Waals surface area contributed by atoms with Gasteiger partial charge in [-0.05, 0) is 18.2 Å². The molecule has 0 aromatic rings. The van der Waals surface area contributed by atoms with Crippen LogP contribution >= 0.6 is 0 Å². The van der Waals surface area contributed by atoms with Crippen LogP contribution in [0.3, 0.4) is 0 Å². The standard InChI is InChI=1S/C8H7O2.BrH.Zn/c1-7(9)10-8-5-3-2-4-6-8;;/h3-6H,1H3;1H;/p-1. The first kappa shape index (κ1) is 14.4. The Morgan fingerprint density at radius 1 is 1.50 bits per heavy atom. The predicted molar refractivity (Wildman–Crippen MR) is 36.8 cm³/mol. The first-order chi connectivity index (χ1) is 4.79. The zero-order chi connectivity index (χ0) is 7.40. The molecule has 0 spiro atoms. The van der Waals surface area contributed by atoms with Gasteiger partial charge in [0.25, 0.3) is 0 Å². The fourth-order valence-corrected chi connectivity index (χ4v) is 0.606. The quantitative estimate of drug-likeness (QED) is 0.327. The minimum atomic E-state index is -0.300. The van der Waals surface area contributed by atoms with E-state index >= 15 is 0 Å². The average Bonchev–Trinajstić information content (AvgIpc) is 1.88. The summed E-state index contributed by atoms with van der Waals surface area (Å²) in [6.45, 7) is 1.37. The Labute approximate surface area is 94.9 Å². The van der Waals surface area contributed by atoms with Crippen molar-refractivity contribution in [3.05, 3.63) is 36.1 Å². The SMILES string of the molecule is CC(=O)OC1=CC=C=C[CH]1.[Br-].[Zn]. The van der Waals surface area contributed by atoms with E-state index in [1.165, 1.54) is 6.92 Å². The van der Waals surface area contributed by atoms with Crippen molar-refractivity contribution in [1.82, 2.24) is 0 Å². The van der Waals surface area contributed by atoms with Crippen LogP contribution in [0.5, 0.6) is 0 Å². The summed E-state index contributed by atoms with van der Waals surface area (Å²) >= 11 is 0. The molecule has 0 saturated heterocycles. The van der Waals surface area contributed by atoms with E-state index in [1.54, 1.807) is 24.6 Å². The minimum Gasteiger partial charge on any atom is -1.00 e. The number of halogens is 1. The molecule has 4 heteroatoms. The molecule has 2 nitrogen and oxygen atoms in total. The monoisotopic (exact) mass is 278 g/mol. The summed E-state index contributed by atoms with van der Waals surface area (Å²) in [6.07, 6.45) is 6.75. The molecule has 0 N–H and O–H groups in total. The normalized spacial score (nSPS) is 12.2. The van der Waals surface area contributed by atoms with E-state index in [0.717, 1.165) is 0 Å². The molecule has 0 unspecified atom stereocenters. The maximum absolute atomic E-state index is 10.4. The van der Waals surface area contributed by atoms with Crippen molar-refractivity contribution in [3.8, 4) is 0 Å². The third kappa shape index (κ3) is 5.48. The zero-order valence-electron chi connectivity index (χ0n) is 6.71.